The molecule has 0 bridgehead atoms. The van der Waals surface area contributed by atoms with Crippen molar-refractivity contribution >= 4 is 11.6 Å². The van der Waals surface area contributed by atoms with Crippen molar-refractivity contribution in [2.75, 3.05) is 30.3 Å². The van der Waals surface area contributed by atoms with Gasteiger partial charge in [0.15, 0.2) is 0 Å². The number of hydrogen-bond acceptors (Lipinski definition) is 5. The van der Waals surface area contributed by atoms with Crippen molar-refractivity contribution in [1.29, 1.82) is 0 Å². The van der Waals surface area contributed by atoms with E-state index in [1.54, 1.807) is 0 Å². The van der Waals surface area contributed by atoms with E-state index in [0.29, 0.717) is 11.9 Å². The largest absolute Gasteiger partial charge is 0.384 e. The first-order chi connectivity index (χ1) is 7.79. The van der Waals surface area contributed by atoms with Gasteiger partial charge in [0.1, 0.15) is 18.0 Å². The van der Waals surface area contributed by atoms with E-state index < -0.39 is 0 Å². The third-order valence-electron chi connectivity index (χ3n) is 2.84. The molecule has 5 heteroatoms. The predicted molar refractivity (Wildman–Crippen MR) is 63.3 cm³/mol. The molecule has 1 aliphatic heterocycles. The van der Waals surface area contributed by atoms with Crippen LogP contribution in [0, 0.1) is 0 Å². The third-order valence-corrected chi connectivity index (χ3v) is 2.84. The smallest absolute Gasteiger partial charge is 0.134 e. The quantitative estimate of drug-likeness (QED) is 0.828. The standard InChI is InChI=1S/C11H18N4O/c1-2-16-9-3-5-15(6-4-9)11-7-10(12)13-8-14-11/h7-9H,2-6H2,1H3,(H2,12,13,14). The Labute approximate surface area is 95.6 Å². The predicted octanol–water partition coefficient (Wildman–Crippen LogP) is 1.06. The molecule has 0 amide bonds. The van der Waals surface area contributed by atoms with Crippen LogP contribution < -0.4 is 10.6 Å². The lowest BCUT2D eigenvalue weighted by molar-refractivity contribution is 0.0458. The van der Waals surface area contributed by atoms with Gasteiger partial charge in [-0.3, -0.25) is 0 Å². The van der Waals surface area contributed by atoms with E-state index in [2.05, 4.69) is 14.9 Å². The summed E-state index contributed by atoms with van der Waals surface area (Å²) in [5.74, 6) is 1.44. The van der Waals surface area contributed by atoms with Crippen LogP contribution in [0.4, 0.5) is 11.6 Å². The van der Waals surface area contributed by atoms with Gasteiger partial charge >= 0.3 is 0 Å². The maximum atomic E-state index is 5.64. The van der Waals surface area contributed by atoms with Crippen LogP contribution >= 0.6 is 0 Å². The van der Waals surface area contributed by atoms with E-state index in [4.69, 9.17) is 10.5 Å². The summed E-state index contributed by atoms with van der Waals surface area (Å²) >= 11 is 0. The highest BCUT2D eigenvalue weighted by Crippen LogP contribution is 2.19. The third kappa shape index (κ3) is 2.61. The summed E-state index contributed by atoms with van der Waals surface area (Å²) in [7, 11) is 0. The molecule has 16 heavy (non-hydrogen) atoms. The zero-order valence-corrected chi connectivity index (χ0v) is 9.59. The van der Waals surface area contributed by atoms with Crippen molar-refractivity contribution in [3.05, 3.63) is 12.4 Å². The van der Waals surface area contributed by atoms with Gasteiger partial charge in [0.05, 0.1) is 6.10 Å². The Balaban J connectivity index is 1.94. The molecule has 1 aromatic heterocycles. The van der Waals surface area contributed by atoms with Crippen LogP contribution in [0.3, 0.4) is 0 Å². The second-order valence-electron chi connectivity index (χ2n) is 3.94. The lowest BCUT2D eigenvalue weighted by Crippen LogP contribution is -2.37. The van der Waals surface area contributed by atoms with Gasteiger partial charge in [-0.2, -0.15) is 0 Å². The van der Waals surface area contributed by atoms with Crippen molar-refractivity contribution in [2.45, 2.75) is 25.9 Å². The summed E-state index contributed by atoms with van der Waals surface area (Å²) in [6, 6.07) is 1.82. The van der Waals surface area contributed by atoms with E-state index in [0.717, 1.165) is 38.4 Å². The number of ether oxygens (including phenoxy) is 1. The lowest BCUT2D eigenvalue weighted by atomic mass is 10.1. The number of piperidine rings is 1. The summed E-state index contributed by atoms with van der Waals surface area (Å²) in [5, 5.41) is 0. The first-order valence-corrected chi connectivity index (χ1v) is 5.73. The highest BCUT2D eigenvalue weighted by molar-refractivity contribution is 5.46. The molecular weight excluding hydrogens is 204 g/mol. The minimum Gasteiger partial charge on any atom is -0.384 e. The van der Waals surface area contributed by atoms with E-state index in [9.17, 15) is 0 Å². The first kappa shape index (κ1) is 11.1. The minimum absolute atomic E-state index is 0.403. The summed E-state index contributed by atoms with van der Waals surface area (Å²) in [4.78, 5) is 10.4. The molecule has 1 aliphatic rings. The second-order valence-corrected chi connectivity index (χ2v) is 3.94. The first-order valence-electron chi connectivity index (χ1n) is 5.73. The molecule has 0 atom stereocenters. The van der Waals surface area contributed by atoms with Crippen LogP contribution in [-0.2, 0) is 4.74 Å². The SMILES string of the molecule is CCOC1CCN(c2cc(N)ncn2)CC1. The van der Waals surface area contributed by atoms with E-state index in [-0.39, 0.29) is 0 Å². The van der Waals surface area contributed by atoms with Crippen molar-refractivity contribution < 1.29 is 4.74 Å². The van der Waals surface area contributed by atoms with Crippen LogP contribution in [0.1, 0.15) is 19.8 Å². The zero-order chi connectivity index (χ0) is 11.4. The number of nitrogens with two attached hydrogens (primary N) is 1. The number of aromatic nitrogens is 2. The van der Waals surface area contributed by atoms with Gasteiger partial charge in [-0.15, -0.1) is 0 Å². The maximum Gasteiger partial charge on any atom is 0.134 e. The maximum absolute atomic E-state index is 5.64. The van der Waals surface area contributed by atoms with Gasteiger partial charge in [0, 0.05) is 25.8 Å². The Morgan fingerprint density at radius 3 is 2.81 bits per heavy atom. The number of anilines is 2. The monoisotopic (exact) mass is 222 g/mol. The molecule has 1 fully saturated rings. The Bertz CT molecular complexity index is 337. The van der Waals surface area contributed by atoms with Crippen molar-refractivity contribution in [1.82, 2.24) is 9.97 Å². The normalized spacial score (nSPS) is 17.7. The molecular formula is C11H18N4O. The molecule has 2 N–H and O–H groups in total. The van der Waals surface area contributed by atoms with Crippen molar-refractivity contribution in [3.8, 4) is 0 Å². The van der Waals surface area contributed by atoms with Crippen LogP contribution in [-0.4, -0.2) is 35.8 Å². The van der Waals surface area contributed by atoms with Gasteiger partial charge in [0.2, 0.25) is 0 Å². The zero-order valence-electron chi connectivity index (χ0n) is 9.59. The van der Waals surface area contributed by atoms with E-state index >= 15 is 0 Å². The second kappa shape index (κ2) is 5.12. The highest BCUT2D eigenvalue weighted by Gasteiger charge is 2.20. The molecule has 0 aliphatic carbocycles. The molecule has 0 radical (unpaired) electrons. The summed E-state index contributed by atoms with van der Waals surface area (Å²) in [6.07, 6.45) is 4.02. The molecule has 0 aromatic carbocycles. The molecule has 0 saturated carbocycles. The van der Waals surface area contributed by atoms with Crippen LogP contribution in [0.15, 0.2) is 12.4 Å². The summed E-state index contributed by atoms with van der Waals surface area (Å²) in [5.41, 5.74) is 5.64. The summed E-state index contributed by atoms with van der Waals surface area (Å²) in [6.45, 7) is 4.78. The molecule has 0 unspecified atom stereocenters. The van der Waals surface area contributed by atoms with Crippen molar-refractivity contribution in [2.24, 2.45) is 0 Å². The lowest BCUT2D eigenvalue weighted by Gasteiger charge is -2.32. The fraction of sp³-hybridized carbons (Fsp3) is 0.636. The molecule has 0 spiro atoms. The van der Waals surface area contributed by atoms with Gasteiger partial charge in [-0.05, 0) is 19.8 Å². The number of rotatable bonds is 3. The van der Waals surface area contributed by atoms with E-state index in [1.165, 1.54) is 6.33 Å². The molecule has 88 valence electrons. The number of nitrogens with zero attached hydrogens (tertiary/aromatic N) is 3. The van der Waals surface area contributed by atoms with E-state index in [1.807, 2.05) is 13.0 Å². The molecule has 2 heterocycles. The number of hydrogen-bond donors (Lipinski definition) is 1. The highest BCUT2D eigenvalue weighted by atomic mass is 16.5. The van der Waals surface area contributed by atoms with Gasteiger partial charge in [-0.1, -0.05) is 0 Å². The van der Waals surface area contributed by atoms with Gasteiger partial charge in [-0.25, -0.2) is 9.97 Å². The number of nitrogen functional groups attached to an aromatic ring is 1. The van der Waals surface area contributed by atoms with Crippen LogP contribution in [0.5, 0.6) is 0 Å². The average Bonchev–Trinajstić information content (AvgIpc) is 2.30. The Hall–Kier alpha value is -1.36. The van der Waals surface area contributed by atoms with Gasteiger partial charge < -0.3 is 15.4 Å². The van der Waals surface area contributed by atoms with Crippen LogP contribution in [0.2, 0.25) is 0 Å². The topological polar surface area (TPSA) is 64.3 Å². The fourth-order valence-corrected chi connectivity index (χ4v) is 2.02. The molecule has 1 saturated heterocycles. The molecule has 1 aromatic rings. The molecule has 5 nitrogen and oxygen atoms in total. The van der Waals surface area contributed by atoms with Gasteiger partial charge in [0.25, 0.3) is 0 Å². The Morgan fingerprint density at radius 2 is 2.19 bits per heavy atom. The summed E-state index contributed by atoms with van der Waals surface area (Å²) < 4.78 is 5.61. The average molecular weight is 222 g/mol. The fourth-order valence-electron chi connectivity index (χ4n) is 2.02. The molecule has 2 rings (SSSR count). The Kier molecular flexibility index (Phi) is 3.56. The van der Waals surface area contributed by atoms with Crippen LogP contribution in [0.25, 0.3) is 0 Å². The van der Waals surface area contributed by atoms with Crippen molar-refractivity contribution in [3.63, 3.8) is 0 Å². The Morgan fingerprint density at radius 1 is 1.44 bits per heavy atom. The minimum atomic E-state index is 0.403.